The number of benzene rings is 1. The Kier molecular flexibility index (Phi) is 4.50. The van der Waals surface area contributed by atoms with E-state index in [0.29, 0.717) is 6.42 Å². The van der Waals surface area contributed by atoms with E-state index in [9.17, 15) is 9.90 Å². The predicted octanol–water partition coefficient (Wildman–Crippen LogP) is 1.88. The van der Waals surface area contributed by atoms with Crippen molar-refractivity contribution in [1.82, 2.24) is 0 Å². The maximum absolute atomic E-state index is 11.8. The summed E-state index contributed by atoms with van der Waals surface area (Å²) in [5.74, 6) is 0.409. The zero-order valence-electron chi connectivity index (χ0n) is 9.81. The number of carbonyl (C=O) groups is 1. The molecule has 0 fully saturated rings. The van der Waals surface area contributed by atoms with Gasteiger partial charge in [0.05, 0.1) is 6.04 Å². The van der Waals surface area contributed by atoms with Gasteiger partial charge in [-0.15, -0.1) is 0 Å². The van der Waals surface area contributed by atoms with Gasteiger partial charge in [0.1, 0.15) is 5.75 Å². The molecule has 0 aliphatic rings. The quantitative estimate of drug-likeness (QED) is 0.798. The predicted molar refractivity (Wildman–Crippen MR) is 64.2 cm³/mol. The molecule has 3 heteroatoms. The minimum Gasteiger partial charge on any atom is -0.508 e. The fourth-order valence-corrected chi connectivity index (χ4v) is 1.56. The van der Waals surface area contributed by atoms with Gasteiger partial charge in [-0.25, -0.2) is 0 Å². The summed E-state index contributed by atoms with van der Waals surface area (Å²) in [6.45, 7) is 4.00. The van der Waals surface area contributed by atoms with E-state index >= 15 is 0 Å². The van der Waals surface area contributed by atoms with Crippen molar-refractivity contribution in [3.63, 3.8) is 0 Å². The van der Waals surface area contributed by atoms with Crippen LogP contribution in [0.3, 0.4) is 0 Å². The van der Waals surface area contributed by atoms with Crippen LogP contribution in [-0.4, -0.2) is 16.9 Å². The summed E-state index contributed by atoms with van der Waals surface area (Å²) in [7, 11) is 0. The monoisotopic (exact) mass is 221 g/mol. The van der Waals surface area contributed by atoms with Crippen molar-refractivity contribution in [3.05, 3.63) is 29.8 Å². The molecule has 3 nitrogen and oxygen atoms in total. The second-order valence-corrected chi connectivity index (χ2v) is 4.22. The van der Waals surface area contributed by atoms with Crippen LogP contribution in [0.25, 0.3) is 0 Å². The molecule has 0 radical (unpaired) electrons. The average molecular weight is 221 g/mol. The van der Waals surface area contributed by atoms with Crippen LogP contribution in [0.4, 0.5) is 0 Å². The normalized spacial score (nSPS) is 14.4. The third-order valence-corrected chi connectivity index (χ3v) is 2.92. The number of nitrogens with two attached hydrogens (primary N) is 1. The summed E-state index contributed by atoms with van der Waals surface area (Å²) >= 11 is 0. The number of phenols is 1. The van der Waals surface area contributed by atoms with Crippen LogP contribution in [0, 0.1) is 5.92 Å². The van der Waals surface area contributed by atoms with Crippen LogP contribution in [0.5, 0.6) is 5.75 Å². The Labute approximate surface area is 96.3 Å². The van der Waals surface area contributed by atoms with E-state index in [0.717, 1.165) is 12.0 Å². The molecular formula is C13H19NO2. The largest absolute Gasteiger partial charge is 0.508 e. The molecule has 0 amide bonds. The van der Waals surface area contributed by atoms with Crippen molar-refractivity contribution in [1.29, 1.82) is 0 Å². The summed E-state index contributed by atoms with van der Waals surface area (Å²) in [5.41, 5.74) is 6.65. The maximum atomic E-state index is 11.8. The van der Waals surface area contributed by atoms with Gasteiger partial charge >= 0.3 is 0 Å². The van der Waals surface area contributed by atoms with Gasteiger partial charge < -0.3 is 10.8 Å². The number of ketones is 1. The Bertz CT molecular complexity index is 363. The van der Waals surface area contributed by atoms with Crippen LogP contribution in [0.2, 0.25) is 0 Å². The van der Waals surface area contributed by atoms with Gasteiger partial charge in [0.25, 0.3) is 0 Å². The zero-order chi connectivity index (χ0) is 12.1. The van der Waals surface area contributed by atoms with Crippen molar-refractivity contribution < 1.29 is 9.90 Å². The average Bonchev–Trinajstić information content (AvgIpc) is 2.27. The first-order valence-electron chi connectivity index (χ1n) is 5.60. The highest BCUT2D eigenvalue weighted by atomic mass is 16.3. The Morgan fingerprint density at radius 3 is 2.75 bits per heavy atom. The lowest BCUT2D eigenvalue weighted by atomic mass is 9.93. The molecule has 0 aromatic heterocycles. The molecule has 0 spiro atoms. The fraction of sp³-hybridized carbons (Fsp3) is 0.462. The lowest BCUT2D eigenvalue weighted by Gasteiger charge is -2.16. The summed E-state index contributed by atoms with van der Waals surface area (Å²) < 4.78 is 0. The number of rotatable bonds is 5. The lowest BCUT2D eigenvalue weighted by molar-refractivity contribution is -0.120. The highest BCUT2D eigenvalue weighted by Crippen LogP contribution is 2.14. The topological polar surface area (TPSA) is 63.3 Å². The fourth-order valence-electron chi connectivity index (χ4n) is 1.56. The Morgan fingerprint density at radius 1 is 1.50 bits per heavy atom. The molecular weight excluding hydrogens is 202 g/mol. The number of aromatic hydroxyl groups is 1. The summed E-state index contributed by atoms with van der Waals surface area (Å²) in [6.07, 6.45) is 1.19. The smallest absolute Gasteiger partial charge is 0.154 e. The Morgan fingerprint density at radius 2 is 2.19 bits per heavy atom. The third kappa shape index (κ3) is 3.35. The molecule has 88 valence electrons. The van der Waals surface area contributed by atoms with Crippen LogP contribution in [-0.2, 0) is 11.2 Å². The molecule has 1 aromatic carbocycles. The zero-order valence-corrected chi connectivity index (χ0v) is 9.81. The van der Waals surface area contributed by atoms with Gasteiger partial charge in [-0.3, -0.25) is 4.79 Å². The van der Waals surface area contributed by atoms with Gasteiger partial charge in [0.2, 0.25) is 0 Å². The van der Waals surface area contributed by atoms with Crippen LogP contribution >= 0.6 is 0 Å². The van der Waals surface area contributed by atoms with Gasteiger partial charge in [0, 0.05) is 6.42 Å². The molecule has 1 rings (SSSR count). The Balaban J connectivity index is 2.64. The number of Topliss-reactive ketones (excluding diaryl/α,β-unsaturated/α-hetero) is 1. The number of phenolic OH excluding ortho intramolecular Hbond substituents is 1. The van der Waals surface area contributed by atoms with Crippen LogP contribution in [0.15, 0.2) is 24.3 Å². The number of hydrogen-bond acceptors (Lipinski definition) is 3. The molecule has 3 N–H and O–H groups in total. The van der Waals surface area contributed by atoms with Crippen molar-refractivity contribution >= 4 is 5.78 Å². The van der Waals surface area contributed by atoms with E-state index in [1.165, 1.54) is 0 Å². The van der Waals surface area contributed by atoms with Crippen molar-refractivity contribution in [2.75, 3.05) is 0 Å². The van der Waals surface area contributed by atoms with Gasteiger partial charge in [-0.05, 0) is 23.6 Å². The summed E-state index contributed by atoms with van der Waals surface area (Å²) in [4.78, 5) is 11.8. The molecule has 2 unspecified atom stereocenters. The van der Waals surface area contributed by atoms with Crippen LogP contribution in [0.1, 0.15) is 25.8 Å². The lowest BCUT2D eigenvalue weighted by Crippen LogP contribution is -2.37. The highest BCUT2D eigenvalue weighted by molar-refractivity contribution is 5.86. The van der Waals surface area contributed by atoms with E-state index in [-0.39, 0.29) is 17.5 Å². The highest BCUT2D eigenvalue weighted by Gasteiger charge is 2.19. The molecule has 0 saturated carbocycles. The molecule has 16 heavy (non-hydrogen) atoms. The maximum Gasteiger partial charge on any atom is 0.154 e. The molecule has 0 saturated heterocycles. The molecule has 0 aliphatic heterocycles. The van der Waals surface area contributed by atoms with Gasteiger partial charge in [-0.1, -0.05) is 32.4 Å². The molecule has 0 aliphatic carbocycles. The molecule has 1 aromatic rings. The molecule has 0 bridgehead atoms. The SMILES string of the molecule is CCC(C)C(N)C(=O)Cc1cccc(O)c1. The number of hydrogen-bond donors (Lipinski definition) is 2. The summed E-state index contributed by atoms with van der Waals surface area (Å²) in [5, 5.41) is 9.28. The minimum absolute atomic E-state index is 0.0277. The molecule has 0 heterocycles. The first-order valence-corrected chi connectivity index (χ1v) is 5.60. The van der Waals surface area contributed by atoms with E-state index < -0.39 is 6.04 Å². The van der Waals surface area contributed by atoms with Crippen molar-refractivity contribution in [3.8, 4) is 5.75 Å². The first kappa shape index (κ1) is 12.7. The summed E-state index contributed by atoms with van der Waals surface area (Å²) in [6, 6.07) is 6.32. The van der Waals surface area contributed by atoms with Crippen LogP contribution < -0.4 is 5.73 Å². The minimum atomic E-state index is -0.410. The first-order chi connectivity index (χ1) is 7.54. The van der Waals surface area contributed by atoms with Crippen molar-refractivity contribution in [2.45, 2.75) is 32.7 Å². The van der Waals surface area contributed by atoms with Crippen molar-refractivity contribution in [2.24, 2.45) is 11.7 Å². The van der Waals surface area contributed by atoms with E-state index in [1.807, 2.05) is 19.9 Å². The standard InChI is InChI=1S/C13H19NO2/c1-3-9(2)13(14)12(16)8-10-5-4-6-11(15)7-10/h4-7,9,13,15H,3,8,14H2,1-2H3. The second kappa shape index (κ2) is 5.66. The second-order valence-electron chi connectivity index (χ2n) is 4.22. The van der Waals surface area contributed by atoms with Gasteiger partial charge in [-0.2, -0.15) is 0 Å². The van der Waals surface area contributed by atoms with E-state index in [1.54, 1.807) is 18.2 Å². The Hall–Kier alpha value is -1.35. The molecule has 2 atom stereocenters. The van der Waals surface area contributed by atoms with E-state index in [4.69, 9.17) is 5.73 Å². The van der Waals surface area contributed by atoms with E-state index in [2.05, 4.69) is 0 Å². The van der Waals surface area contributed by atoms with Gasteiger partial charge in [0.15, 0.2) is 5.78 Å². The number of carbonyl (C=O) groups excluding carboxylic acids is 1. The third-order valence-electron chi connectivity index (χ3n) is 2.92.